The molecular formula is C20H20F2N6O3S2. The lowest BCUT2D eigenvalue weighted by atomic mass is 10.1. The summed E-state index contributed by atoms with van der Waals surface area (Å²) in [6.45, 7) is 1.74. The van der Waals surface area contributed by atoms with E-state index in [0.717, 1.165) is 25.9 Å². The highest BCUT2D eigenvalue weighted by molar-refractivity contribution is 8.15. The van der Waals surface area contributed by atoms with E-state index < -0.39 is 22.6 Å². The third-order valence-electron chi connectivity index (χ3n) is 4.98. The van der Waals surface area contributed by atoms with Gasteiger partial charge in [-0.1, -0.05) is 29.2 Å². The summed E-state index contributed by atoms with van der Waals surface area (Å²) in [5.74, 6) is -1.27. The molecule has 0 aliphatic carbocycles. The average molecular weight is 495 g/mol. The maximum Gasteiger partial charge on any atom is 0.291 e. The predicted octanol–water partition coefficient (Wildman–Crippen LogP) is 3.54. The number of rotatable bonds is 6. The summed E-state index contributed by atoms with van der Waals surface area (Å²) >= 11 is 1.90. The zero-order valence-corrected chi connectivity index (χ0v) is 18.9. The highest BCUT2D eigenvalue weighted by Crippen LogP contribution is 2.29. The van der Waals surface area contributed by atoms with Gasteiger partial charge in [0, 0.05) is 30.8 Å². The Morgan fingerprint density at radius 1 is 1.15 bits per heavy atom. The van der Waals surface area contributed by atoms with Crippen LogP contribution in [0.1, 0.15) is 47.5 Å². The minimum Gasteiger partial charge on any atom is -0.351 e. The van der Waals surface area contributed by atoms with Crippen LogP contribution in [-0.2, 0) is 9.59 Å². The number of benzene rings is 1. The van der Waals surface area contributed by atoms with Gasteiger partial charge in [-0.2, -0.15) is 4.99 Å². The second kappa shape index (κ2) is 10.3. The molecule has 0 bridgehead atoms. The van der Waals surface area contributed by atoms with Crippen LogP contribution in [0.25, 0.3) is 0 Å². The van der Waals surface area contributed by atoms with Crippen molar-refractivity contribution in [1.82, 2.24) is 15.1 Å². The first kappa shape index (κ1) is 23.2. The number of alkyl halides is 2. The first-order valence-corrected chi connectivity index (χ1v) is 12.0. The van der Waals surface area contributed by atoms with Gasteiger partial charge in [0.05, 0.1) is 0 Å². The molecule has 13 heteroatoms. The number of aromatic nitrogens is 2. The SMILES string of the molecule is O=C(CC1SC(N2CCCCC2)=NC1=O)Nc1cccc(C(=O)Nc2nnc(C(F)F)s2)c1. The van der Waals surface area contributed by atoms with Crippen molar-refractivity contribution < 1.29 is 23.2 Å². The third kappa shape index (κ3) is 5.90. The lowest BCUT2D eigenvalue weighted by Gasteiger charge is -2.27. The first-order chi connectivity index (χ1) is 15.9. The summed E-state index contributed by atoms with van der Waals surface area (Å²) < 4.78 is 25.2. The smallest absolute Gasteiger partial charge is 0.291 e. The summed E-state index contributed by atoms with van der Waals surface area (Å²) in [6.07, 6.45) is 0.493. The molecule has 1 unspecified atom stereocenters. The number of hydrogen-bond donors (Lipinski definition) is 2. The van der Waals surface area contributed by atoms with Crippen LogP contribution >= 0.6 is 23.1 Å². The molecule has 174 valence electrons. The molecule has 4 rings (SSSR count). The van der Waals surface area contributed by atoms with Gasteiger partial charge in [-0.3, -0.25) is 19.7 Å². The van der Waals surface area contributed by atoms with Crippen LogP contribution in [0.15, 0.2) is 29.3 Å². The number of thioether (sulfide) groups is 1. The number of carbonyl (C=O) groups excluding carboxylic acids is 3. The van der Waals surface area contributed by atoms with Crippen LogP contribution in [0.4, 0.5) is 19.6 Å². The summed E-state index contributed by atoms with van der Waals surface area (Å²) in [5, 5.41) is 11.5. The second-order valence-electron chi connectivity index (χ2n) is 7.42. The van der Waals surface area contributed by atoms with Crippen LogP contribution in [0, 0.1) is 0 Å². The normalized spacial score (nSPS) is 18.4. The van der Waals surface area contributed by atoms with Gasteiger partial charge >= 0.3 is 0 Å². The van der Waals surface area contributed by atoms with Crippen molar-refractivity contribution in [2.75, 3.05) is 23.7 Å². The van der Waals surface area contributed by atoms with E-state index in [1.54, 1.807) is 12.1 Å². The molecule has 2 N–H and O–H groups in total. The standard InChI is InChI=1S/C20H20F2N6O3S2/c21-15(22)18-26-27-19(33-18)24-16(30)11-5-4-6-12(9-11)23-14(29)10-13-17(31)25-20(32-13)28-7-2-1-3-8-28/h4-6,9,13,15H,1-3,7-8,10H2,(H,23,29)(H,24,27,30). The molecule has 1 saturated heterocycles. The van der Waals surface area contributed by atoms with Crippen molar-refractivity contribution in [3.05, 3.63) is 34.8 Å². The van der Waals surface area contributed by atoms with Gasteiger partial charge in [-0.25, -0.2) is 8.78 Å². The van der Waals surface area contributed by atoms with Crippen molar-refractivity contribution in [3.8, 4) is 0 Å². The van der Waals surface area contributed by atoms with Gasteiger partial charge in [0.25, 0.3) is 18.2 Å². The monoisotopic (exact) mass is 494 g/mol. The van der Waals surface area contributed by atoms with Crippen LogP contribution in [0.3, 0.4) is 0 Å². The van der Waals surface area contributed by atoms with Gasteiger partial charge in [0.2, 0.25) is 11.0 Å². The Bertz CT molecular complexity index is 1090. The number of amides is 3. The summed E-state index contributed by atoms with van der Waals surface area (Å²) in [6, 6.07) is 6.13. The second-order valence-corrected chi connectivity index (χ2v) is 9.60. The molecule has 0 spiro atoms. The zero-order chi connectivity index (χ0) is 23.4. The molecule has 1 aromatic heterocycles. The van der Waals surface area contributed by atoms with Gasteiger partial charge in [-0.05, 0) is 37.5 Å². The fourth-order valence-corrected chi connectivity index (χ4v) is 5.10. The molecule has 2 aromatic rings. The van der Waals surface area contributed by atoms with E-state index in [1.807, 2.05) is 0 Å². The molecule has 3 amide bonds. The van der Waals surface area contributed by atoms with Crippen molar-refractivity contribution in [3.63, 3.8) is 0 Å². The molecule has 9 nitrogen and oxygen atoms in total. The molecular weight excluding hydrogens is 474 g/mol. The Labute approximate surface area is 196 Å². The Kier molecular flexibility index (Phi) is 7.28. The first-order valence-electron chi connectivity index (χ1n) is 10.3. The number of piperidine rings is 1. The highest BCUT2D eigenvalue weighted by atomic mass is 32.2. The Hall–Kier alpha value is -2.93. The number of carbonyl (C=O) groups is 3. The van der Waals surface area contributed by atoms with Crippen LogP contribution in [0.2, 0.25) is 0 Å². The molecule has 2 aliphatic rings. The fraction of sp³-hybridized carbons (Fsp3) is 0.400. The zero-order valence-electron chi connectivity index (χ0n) is 17.3. The van der Waals surface area contributed by atoms with Gasteiger partial charge in [0.1, 0.15) is 5.25 Å². The van der Waals surface area contributed by atoms with Gasteiger partial charge in [-0.15, -0.1) is 10.2 Å². The number of amidine groups is 1. The van der Waals surface area contributed by atoms with Crippen LogP contribution in [0.5, 0.6) is 0 Å². The number of nitrogens with one attached hydrogen (secondary N) is 2. The number of aliphatic imine (C=N–C) groups is 1. The fourth-order valence-electron chi connectivity index (χ4n) is 3.39. The van der Waals surface area contributed by atoms with E-state index in [-0.39, 0.29) is 28.9 Å². The maximum absolute atomic E-state index is 12.6. The minimum atomic E-state index is -2.77. The van der Waals surface area contributed by atoms with Gasteiger partial charge < -0.3 is 10.2 Å². The molecule has 1 aromatic carbocycles. The lowest BCUT2D eigenvalue weighted by molar-refractivity contribution is -0.121. The molecule has 3 heterocycles. The minimum absolute atomic E-state index is 0.0397. The molecule has 0 saturated carbocycles. The molecule has 0 radical (unpaired) electrons. The van der Waals surface area contributed by atoms with E-state index in [2.05, 4.69) is 30.7 Å². The predicted molar refractivity (Wildman–Crippen MR) is 122 cm³/mol. The van der Waals surface area contributed by atoms with E-state index in [1.165, 1.54) is 30.3 Å². The number of likely N-dealkylation sites (tertiary alicyclic amines) is 1. The van der Waals surface area contributed by atoms with E-state index in [9.17, 15) is 23.2 Å². The molecule has 2 aliphatic heterocycles. The van der Waals surface area contributed by atoms with Crippen molar-refractivity contribution in [1.29, 1.82) is 0 Å². The van der Waals surface area contributed by atoms with E-state index in [4.69, 9.17) is 0 Å². The van der Waals surface area contributed by atoms with Crippen LogP contribution in [-0.4, -0.2) is 56.3 Å². The van der Waals surface area contributed by atoms with Crippen molar-refractivity contribution >= 4 is 56.8 Å². The summed E-state index contributed by atoms with van der Waals surface area (Å²) in [4.78, 5) is 43.4. The van der Waals surface area contributed by atoms with E-state index >= 15 is 0 Å². The van der Waals surface area contributed by atoms with Crippen molar-refractivity contribution in [2.24, 2.45) is 4.99 Å². The largest absolute Gasteiger partial charge is 0.351 e. The van der Waals surface area contributed by atoms with Crippen molar-refractivity contribution in [2.45, 2.75) is 37.4 Å². The van der Waals surface area contributed by atoms with E-state index in [0.29, 0.717) is 22.2 Å². The number of hydrogen-bond acceptors (Lipinski definition) is 8. The molecule has 33 heavy (non-hydrogen) atoms. The lowest BCUT2D eigenvalue weighted by Crippen LogP contribution is -2.33. The Morgan fingerprint density at radius 2 is 1.94 bits per heavy atom. The highest BCUT2D eigenvalue weighted by Gasteiger charge is 2.33. The number of halogens is 2. The van der Waals surface area contributed by atoms with Gasteiger partial charge in [0.15, 0.2) is 10.2 Å². The number of nitrogens with zero attached hydrogens (tertiary/aromatic N) is 4. The Morgan fingerprint density at radius 3 is 2.67 bits per heavy atom. The number of anilines is 2. The summed E-state index contributed by atoms with van der Waals surface area (Å²) in [5.41, 5.74) is 0.564. The molecule has 1 fully saturated rings. The van der Waals surface area contributed by atoms with Crippen LogP contribution < -0.4 is 10.6 Å². The third-order valence-corrected chi connectivity index (χ3v) is 7.04. The average Bonchev–Trinajstić information content (AvgIpc) is 3.41. The maximum atomic E-state index is 12.6. The summed E-state index contributed by atoms with van der Waals surface area (Å²) in [7, 11) is 0. The molecule has 1 atom stereocenters. The topological polar surface area (TPSA) is 117 Å². The Balaban J connectivity index is 1.32. The quantitative estimate of drug-likeness (QED) is 0.631.